The summed E-state index contributed by atoms with van der Waals surface area (Å²) in [5.41, 5.74) is 4.39. The molecule has 0 radical (unpaired) electrons. The van der Waals surface area contributed by atoms with Crippen LogP contribution in [0.1, 0.15) is 47.6 Å². The molecular weight excluding hydrogens is 300 g/mol. The Hall–Kier alpha value is -2.43. The number of anilines is 2. The quantitative estimate of drug-likeness (QED) is 0.844. The van der Waals surface area contributed by atoms with Crippen molar-refractivity contribution in [3.63, 3.8) is 0 Å². The predicted octanol–water partition coefficient (Wildman–Crippen LogP) is 3.92. The van der Waals surface area contributed by atoms with Gasteiger partial charge in [0.2, 0.25) is 5.95 Å². The van der Waals surface area contributed by atoms with Crippen LogP contribution in [0.15, 0.2) is 24.3 Å². The van der Waals surface area contributed by atoms with Crippen LogP contribution in [-0.4, -0.2) is 22.4 Å². The minimum atomic E-state index is -0.162. The van der Waals surface area contributed by atoms with Crippen molar-refractivity contribution in [1.29, 1.82) is 0 Å². The highest BCUT2D eigenvalue weighted by atomic mass is 16.1. The number of aryl methyl sites for hydroxylation is 3. The molecule has 1 aromatic carbocycles. The number of aromatic nitrogens is 2. The normalized spacial score (nSPS) is 10.8. The molecule has 5 heteroatoms. The standard InChI is InChI=1S/C19H26N4O/c1-12(2)6-7-20-18(24)17-11-15(5)21-19(23-17)22-16-9-13(3)8-14(4)10-16/h8-12H,6-7H2,1-5H3,(H,20,24)(H,21,22,23). The van der Waals surface area contributed by atoms with Crippen LogP contribution in [0.2, 0.25) is 0 Å². The van der Waals surface area contributed by atoms with E-state index in [2.05, 4.69) is 40.5 Å². The smallest absolute Gasteiger partial charge is 0.270 e. The van der Waals surface area contributed by atoms with Gasteiger partial charge in [0.1, 0.15) is 5.69 Å². The summed E-state index contributed by atoms with van der Waals surface area (Å²) in [6.45, 7) is 10.9. The Kier molecular flexibility index (Phi) is 5.90. The zero-order valence-corrected chi connectivity index (χ0v) is 15.1. The van der Waals surface area contributed by atoms with Gasteiger partial charge in [-0.1, -0.05) is 19.9 Å². The molecule has 0 saturated heterocycles. The summed E-state index contributed by atoms with van der Waals surface area (Å²) in [6.07, 6.45) is 0.948. The second kappa shape index (κ2) is 7.90. The molecule has 1 amide bonds. The van der Waals surface area contributed by atoms with Gasteiger partial charge in [-0.25, -0.2) is 9.97 Å². The minimum absolute atomic E-state index is 0.162. The molecule has 0 spiro atoms. The van der Waals surface area contributed by atoms with Gasteiger partial charge in [-0.3, -0.25) is 4.79 Å². The van der Waals surface area contributed by atoms with Crippen molar-refractivity contribution in [3.05, 3.63) is 46.8 Å². The summed E-state index contributed by atoms with van der Waals surface area (Å²) in [5, 5.41) is 6.10. The molecule has 2 rings (SSSR count). The fraction of sp³-hybridized carbons (Fsp3) is 0.421. The number of carbonyl (C=O) groups excluding carboxylic acids is 1. The molecule has 2 N–H and O–H groups in total. The van der Waals surface area contributed by atoms with Gasteiger partial charge < -0.3 is 10.6 Å². The van der Waals surface area contributed by atoms with Gasteiger partial charge >= 0.3 is 0 Å². The van der Waals surface area contributed by atoms with Crippen molar-refractivity contribution in [2.45, 2.75) is 41.0 Å². The molecule has 0 aliphatic rings. The first-order valence-electron chi connectivity index (χ1n) is 8.32. The molecule has 0 bridgehead atoms. The lowest BCUT2D eigenvalue weighted by Gasteiger charge is -2.10. The van der Waals surface area contributed by atoms with E-state index in [4.69, 9.17) is 0 Å². The van der Waals surface area contributed by atoms with Crippen LogP contribution >= 0.6 is 0 Å². The van der Waals surface area contributed by atoms with Gasteiger partial charge in [0, 0.05) is 17.9 Å². The lowest BCUT2D eigenvalue weighted by atomic mass is 10.1. The molecule has 0 saturated carbocycles. The number of hydrogen-bond donors (Lipinski definition) is 2. The van der Waals surface area contributed by atoms with Crippen LogP contribution in [0.5, 0.6) is 0 Å². The molecule has 5 nitrogen and oxygen atoms in total. The van der Waals surface area contributed by atoms with E-state index < -0.39 is 0 Å². The predicted molar refractivity (Wildman–Crippen MR) is 97.8 cm³/mol. The van der Waals surface area contributed by atoms with Gasteiger partial charge in [0.25, 0.3) is 5.91 Å². The molecule has 2 aromatic rings. The third-order valence-electron chi connectivity index (χ3n) is 3.57. The first kappa shape index (κ1) is 17.9. The fourth-order valence-corrected chi connectivity index (χ4v) is 2.48. The molecule has 1 aromatic heterocycles. The van der Waals surface area contributed by atoms with Crippen LogP contribution in [0.4, 0.5) is 11.6 Å². The molecule has 1 heterocycles. The Morgan fingerprint density at radius 3 is 2.33 bits per heavy atom. The van der Waals surface area contributed by atoms with E-state index in [1.165, 1.54) is 0 Å². The summed E-state index contributed by atoms with van der Waals surface area (Å²) in [5.74, 6) is 0.831. The van der Waals surface area contributed by atoms with E-state index in [1.807, 2.05) is 32.9 Å². The highest BCUT2D eigenvalue weighted by Crippen LogP contribution is 2.18. The van der Waals surface area contributed by atoms with Gasteiger partial charge in [0.15, 0.2) is 0 Å². The van der Waals surface area contributed by atoms with Gasteiger partial charge in [-0.15, -0.1) is 0 Å². The molecule has 0 aliphatic carbocycles. The van der Waals surface area contributed by atoms with E-state index in [0.717, 1.165) is 28.9 Å². The average Bonchev–Trinajstić information content (AvgIpc) is 2.44. The Bertz CT molecular complexity index is 705. The van der Waals surface area contributed by atoms with E-state index in [-0.39, 0.29) is 5.91 Å². The molecule has 24 heavy (non-hydrogen) atoms. The van der Waals surface area contributed by atoms with Crippen molar-refractivity contribution in [1.82, 2.24) is 15.3 Å². The van der Waals surface area contributed by atoms with Crippen LogP contribution in [0.3, 0.4) is 0 Å². The molecule has 0 aliphatic heterocycles. The number of nitrogens with one attached hydrogen (secondary N) is 2. The number of nitrogens with zero attached hydrogens (tertiary/aromatic N) is 2. The maximum absolute atomic E-state index is 12.3. The number of hydrogen-bond acceptors (Lipinski definition) is 4. The molecule has 0 unspecified atom stereocenters. The lowest BCUT2D eigenvalue weighted by Crippen LogP contribution is -2.26. The number of carbonyl (C=O) groups is 1. The van der Waals surface area contributed by atoms with E-state index in [0.29, 0.717) is 24.1 Å². The summed E-state index contributed by atoms with van der Waals surface area (Å²) >= 11 is 0. The van der Waals surface area contributed by atoms with E-state index >= 15 is 0 Å². The second-order valence-electron chi connectivity index (χ2n) is 6.66. The minimum Gasteiger partial charge on any atom is -0.351 e. The highest BCUT2D eigenvalue weighted by Gasteiger charge is 2.11. The second-order valence-corrected chi connectivity index (χ2v) is 6.66. The van der Waals surface area contributed by atoms with Crippen LogP contribution in [0.25, 0.3) is 0 Å². The Morgan fingerprint density at radius 2 is 1.71 bits per heavy atom. The third kappa shape index (κ3) is 5.33. The largest absolute Gasteiger partial charge is 0.351 e. The zero-order valence-electron chi connectivity index (χ0n) is 15.1. The summed E-state index contributed by atoms with van der Waals surface area (Å²) in [4.78, 5) is 21.0. The Labute approximate surface area is 143 Å². The maximum atomic E-state index is 12.3. The highest BCUT2D eigenvalue weighted by molar-refractivity contribution is 5.92. The van der Waals surface area contributed by atoms with Gasteiger partial charge in [-0.05, 0) is 62.4 Å². The summed E-state index contributed by atoms with van der Waals surface area (Å²) in [6, 6.07) is 7.87. The van der Waals surface area contributed by atoms with Gasteiger partial charge in [-0.2, -0.15) is 0 Å². The number of benzene rings is 1. The Balaban J connectivity index is 2.14. The van der Waals surface area contributed by atoms with Crippen molar-refractivity contribution in [2.24, 2.45) is 5.92 Å². The molecule has 0 fully saturated rings. The molecule has 0 atom stereocenters. The number of amides is 1. The first-order chi connectivity index (χ1) is 11.3. The third-order valence-corrected chi connectivity index (χ3v) is 3.57. The van der Waals surface area contributed by atoms with E-state index in [1.54, 1.807) is 6.07 Å². The van der Waals surface area contributed by atoms with Crippen molar-refractivity contribution >= 4 is 17.5 Å². The topological polar surface area (TPSA) is 66.9 Å². The molecule has 128 valence electrons. The number of rotatable bonds is 6. The Morgan fingerprint density at radius 1 is 1.04 bits per heavy atom. The maximum Gasteiger partial charge on any atom is 0.270 e. The average molecular weight is 326 g/mol. The monoisotopic (exact) mass is 326 g/mol. The lowest BCUT2D eigenvalue weighted by molar-refractivity contribution is 0.0947. The SMILES string of the molecule is Cc1cc(C)cc(Nc2nc(C)cc(C(=O)NCCC(C)C)n2)c1. The first-order valence-corrected chi connectivity index (χ1v) is 8.32. The molecular formula is C19H26N4O. The fourth-order valence-electron chi connectivity index (χ4n) is 2.48. The van der Waals surface area contributed by atoms with E-state index in [9.17, 15) is 4.79 Å². The van der Waals surface area contributed by atoms with Crippen LogP contribution in [-0.2, 0) is 0 Å². The van der Waals surface area contributed by atoms with Crippen LogP contribution in [0, 0.1) is 26.7 Å². The van der Waals surface area contributed by atoms with Crippen molar-refractivity contribution < 1.29 is 4.79 Å². The van der Waals surface area contributed by atoms with Crippen molar-refractivity contribution in [2.75, 3.05) is 11.9 Å². The van der Waals surface area contributed by atoms with Gasteiger partial charge in [0.05, 0.1) is 0 Å². The summed E-state index contributed by atoms with van der Waals surface area (Å²) in [7, 11) is 0. The summed E-state index contributed by atoms with van der Waals surface area (Å²) < 4.78 is 0. The van der Waals surface area contributed by atoms with Crippen molar-refractivity contribution in [3.8, 4) is 0 Å². The van der Waals surface area contributed by atoms with Crippen LogP contribution < -0.4 is 10.6 Å². The zero-order chi connectivity index (χ0) is 17.7.